The molecule has 4 fully saturated rings. The van der Waals surface area contributed by atoms with Gasteiger partial charge in [0.1, 0.15) is 0 Å². The van der Waals surface area contributed by atoms with E-state index in [1.165, 1.54) is 30.7 Å². The van der Waals surface area contributed by atoms with Gasteiger partial charge in [0.05, 0.1) is 0 Å². The van der Waals surface area contributed by atoms with Gasteiger partial charge >= 0.3 is 0 Å². The van der Waals surface area contributed by atoms with Crippen LogP contribution in [0.3, 0.4) is 0 Å². The molecule has 4 aliphatic rings. The molecule has 2 aliphatic carbocycles. The second-order valence-electron chi connectivity index (χ2n) is 4.13. The van der Waals surface area contributed by atoms with Gasteiger partial charge in [0.25, 0.3) is 0 Å². The highest BCUT2D eigenvalue weighted by Gasteiger charge is 2.52. The molecule has 55 valence electrons. The van der Waals surface area contributed by atoms with E-state index in [-0.39, 0.29) is 0 Å². The Kier molecular flexibility index (Phi) is 0.868. The maximum Gasteiger partial charge on any atom is 0.0392 e. The van der Waals surface area contributed by atoms with Gasteiger partial charge in [0, 0.05) is 12.1 Å². The number of nitrogens with zero attached hydrogens (tertiary/aromatic N) is 1. The number of hydroxylamine groups is 2. The van der Waals surface area contributed by atoms with Crippen molar-refractivity contribution in [3.05, 3.63) is 0 Å². The minimum Gasteiger partial charge on any atom is -0.149 e. The largest absolute Gasteiger partial charge is 0.149 e. The first-order valence-corrected chi connectivity index (χ1v) is 4.30. The van der Waals surface area contributed by atoms with Crippen LogP contribution in [0, 0.1) is 11.8 Å². The third-order valence-corrected chi connectivity index (χ3v) is 3.69. The van der Waals surface area contributed by atoms with E-state index in [0.717, 1.165) is 11.8 Å². The lowest BCUT2D eigenvalue weighted by molar-refractivity contribution is -0.229. The van der Waals surface area contributed by atoms with E-state index < -0.39 is 0 Å². The van der Waals surface area contributed by atoms with Crippen LogP contribution in [-0.4, -0.2) is 17.1 Å². The summed E-state index contributed by atoms with van der Waals surface area (Å²) in [4.78, 5) is 0. The molecule has 10 heavy (non-hydrogen) atoms. The second kappa shape index (κ2) is 1.56. The van der Waals surface area contributed by atoms with Gasteiger partial charge in [-0.25, -0.2) is 0 Å². The molecule has 0 unspecified atom stereocenters. The maximum atomic E-state index is 11.3. The third-order valence-electron chi connectivity index (χ3n) is 3.69. The van der Waals surface area contributed by atoms with Crippen LogP contribution in [0.2, 0.25) is 0 Å². The third kappa shape index (κ3) is 0.487. The topological polar surface area (TPSA) is 23.1 Å². The summed E-state index contributed by atoms with van der Waals surface area (Å²) in [5, 5.41) is 12.7. The summed E-state index contributed by atoms with van der Waals surface area (Å²) < 4.78 is 0. The Hall–Kier alpha value is -0.0800. The van der Waals surface area contributed by atoms with Crippen LogP contribution in [0.4, 0.5) is 0 Å². The lowest BCUT2D eigenvalue weighted by Gasteiger charge is -2.32. The Bertz CT molecular complexity index is 141. The zero-order chi connectivity index (χ0) is 6.72. The van der Waals surface area contributed by atoms with Crippen molar-refractivity contribution in [2.24, 2.45) is 11.8 Å². The maximum absolute atomic E-state index is 11.3. The molecule has 0 amide bonds. The number of hydrogen-bond acceptors (Lipinski definition) is 1. The first-order chi connectivity index (χ1) is 4.84. The lowest BCUT2D eigenvalue weighted by Crippen LogP contribution is -2.42. The first-order valence-electron chi connectivity index (χ1n) is 4.30. The van der Waals surface area contributed by atoms with E-state index >= 15 is 0 Å². The molecule has 0 aromatic carbocycles. The summed E-state index contributed by atoms with van der Waals surface area (Å²) in [6, 6.07) is 0.866. The molecular weight excluding hydrogens is 126 g/mol. The molecular formula is C8H12NO. The highest BCUT2D eigenvalue weighted by atomic mass is 16.5. The number of hydrogen-bond donors (Lipinski definition) is 0. The molecule has 2 heterocycles. The van der Waals surface area contributed by atoms with Gasteiger partial charge in [-0.05, 0) is 37.5 Å². The fraction of sp³-hybridized carbons (Fsp3) is 1.00. The van der Waals surface area contributed by atoms with Crippen molar-refractivity contribution in [1.29, 1.82) is 0 Å². The molecule has 0 aromatic rings. The molecule has 2 aliphatic heterocycles. The van der Waals surface area contributed by atoms with Gasteiger partial charge in [0.2, 0.25) is 0 Å². The zero-order valence-electron chi connectivity index (χ0n) is 5.99. The SMILES string of the molecule is [O]N1C2CC3CC1CC3C2. The van der Waals surface area contributed by atoms with Crippen molar-refractivity contribution in [3.63, 3.8) is 0 Å². The standard InChI is InChI=1S/C8H12NO/c10-9-7-1-5-2-8(9)4-6(5)3-7/h5-8H,1-4H2. The molecule has 2 saturated carbocycles. The minimum absolute atomic E-state index is 0.433. The molecule has 2 heteroatoms. The minimum atomic E-state index is 0.433. The average molecular weight is 138 g/mol. The van der Waals surface area contributed by atoms with Crippen LogP contribution >= 0.6 is 0 Å². The van der Waals surface area contributed by atoms with Crippen LogP contribution in [0.1, 0.15) is 25.7 Å². The van der Waals surface area contributed by atoms with Gasteiger partial charge in [-0.15, -0.1) is 10.3 Å². The summed E-state index contributed by atoms with van der Waals surface area (Å²) in [5.41, 5.74) is 0. The summed E-state index contributed by atoms with van der Waals surface area (Å²) in [6.07, 6.45) is 4.85. The Morgan fingerprint density at radius 3 is 1.70 bits per heavy atom. The van der Waals surface area contributed by atoms with Crippen LogP contribution in [0.5, 0.6) is 0 Å². The molecule has 2 saturated heterocycles. The molecule has 4 rings (SSSR count). The van der Waals surface area contributed by atoms with Gasteiger partial charge in [-0.2, -0.15) is 0 Å². The monoisotopic (exact) mass is 138 g/mol. The fourth-order valence-electron chi connectivity index (χ4n) is 3.27. The Balaban J connectivity index is 1.98. The first kappa shape index (κ1) is 5.56. The van der Waals surface area contributed by atoms with Crippen LogP contribution in [0.15, 0.2) is 0 Å². The Morgan fingerprint density at radius 1 is 0.900 bits per heavy atom. The van der Waals surface area contributed by atoms with Crippen molar-refractivity contribution in [1.82, 2.24) is 5.06 Å². The molecule has 1 radical (unpaired) electrons. The molecule has 0 N–H and O–H groups in total. The van der Waals surface area contributed by atoms with E-state index in [4.69, 9.17) is 0 Å². The number of piperidine rings is 2. The zero-order valence-corrected chi connectivity index (χ0v) is 5.99. The quantitative estimate of drug-likeness (QED) is 0.493. The van der Waals surface area contributed by atoms with Crippen molar-refractivity contribution < 1.29 is 5.21 Å². The van der Waals surface area contributed by atoms with Crippen LogP contribution in [-0.2, 0) is 5.21 Å². The van der Waals surface area contributed by atoms with Gasteiger partial charge in [-0.3, -0.25) is 0 Å². The molecule has 0 atom stereocenters. The second-order valence-corrected chi connectivity index (χ2v) is 4.13. The van der Waals surface area contributed by atoms with Crippen LogP contribution < -0.4 is 0 Å². The summed E-state index contributed by atoms with van der Waals surface area (Å²) in [7, 11) is 0. The van der Waals surface area contributed by atoms with Gasteiger partial charge in [0.15, 0.2) is 0 Å². The van der Waals surface area contributed by atoms with E-state index in [0.29, 0.717) is 12.1 Å². The van der Waals surface area contributed by atoms with Crippen molar-refractivity contribution >= 4 is 0 Å². The summed E-state index contributed by atoms with van der Waals surface area (Å²) in [5.74, 6) is 1.89. The molecule has 2 nitrogen and oxygen atoms in total. The molecule has 0 spiro atoms. The smallest absolute Gasteiger partial charge is 0.0392 e. The van der Waals surface area contributed by atoms with Crippen molar-refractivity contribution in [2.75, 3.05) is 0 Å². The Labute approximate surface area is 60.8 Å². The fourth-order valence-corrected chi connectivity index (χ4v) is 3.27. The molecule has 0 aromatic heterocycles. The van der Waals surface area contributed by atoms with E-state index in [1.54, 1.807) is 0 Å². The van der Waals surface area contributed by atoms with E-state index in [9.17, 15) is 5.21 Å². The van der Waals surface area contributed by atoms with Crippen molar-refractivity contribution in [2.45, 2.75) is 37.8 Å². The number of rotatable bonds is 0. The van der Waals surface area contributed by atoms with Crippen LogP contribution in [0.25, 0.3) is 0 Å². The predicted octanol–water partition coefficient (Wildman–Crippen LogP) is 1.20. The van der Waals surface area contributed by atoms with Gasteiger partial charge < -0.3 is 0 Å². The highest BCUT2D eigenvalue weighted by molar-refractivity contribution is 5.02. The summed E-state index contributed by atoms with van der Waals surface area (Å²) in [6.45, 7) is 0. The summed E-state index contributed by atoms with van der Waals surface area (Å²) >= 11 is 0. The van der Waals surface area contributed by atoms with Gasteiger partial charge in [-0.1, -0.05) is 0 Å². The lowest BCUT2D eigenvalue weighted by atomic mass is 10.0. The molecule has 4 bridgehead atoms. The van der Waals surface area contributed by atoms with E-state index in [2.05, 4.69) is 0 Å². The van der Waals surface area contributed by atoms with Crippen molar-refractivity contribution in [3.8, 4) is 0 Å². The van der Waals surface area contributed by atoms with E-state index in [1.807, 2.05) is 0 Å². The normalized spacial score (nSPS) is 58.5. The average Bonchev–Trinajstić information content (AvgIpc) is 2.33. The highest BCUT2D eigenvalue weighted by Crippen LogP contribution is 2.52. The Morgan fingerprint density at radius 2 is 1.30 bits per heavy atom. The predicted molar refractivity (Wildman–Crippen MR) is 35.5 cm³/mol.